The molecule has 0 saturated heterocycles. The van der Waals surface area contributed by atoms with Crippen LogP contribution < -0.4 is 10.7 Å². The Balaban J connectivity index is 1.96. The molecule has 2 aromatic rings. The van der Waals surface area contributed by atoms with E-state index < -0.39 is 5.91 Å². The van der Waals surface area contributed by atoms with Crippen LogP contribution in [0.3, 0.4) is 0 Å². The highest BCUT2D eigenvalue weighted by molar-refractivity contribution is 7.80. The number of hydrogen-bond donors (Lipinski definition) is 2. The van der Waals surface area contributed by atoms with Crippen LogP contribution in [0.25, 0.3) is 11.3 Å². The second-order valence-electron chi connectivity index (χ2n) is 5.37. The fourth-order valence-corrected chi connectivity index (χ4v) is 2.73. The number of nitrogens with one attached hydrogen (secondary N) is 2. The van der Waals surface area contributed by atoms with Crippen molar-refractivity contribution >= 4 is 46.4 Å². The molecule has 6 nitrogen and oxygen atoms in total. The number of hydrazine groups is 1. The topological polar surface area (TPSA) is 66.7 Å². The van der Waals surface area contributed by atoms with E-state index in [0.29, 0.717) is 39.6 Å². The summed E-state index contributed by atoms with van der Waals surface area (Å²) in [5, 5.41) is 5.80. The third-order valence-corrected chi connectivity index (χ3v) is 4.37. The van der Waals surface area contributed by atoms with Gasteiger partial charge in [0.05, 0.1) is 5.02 Å². The number of halogens is 2. The first-order chi connectivity index (χ1) is 12.4. The Morgan fingerprint density at radius 3 is 2.77 bits per heavy atom. The number of carbonyl (C=O) groups is 1. The fourth-order valence-electron chi connectivity index (χ4n) is 2.08. The molecule has 0 aliphatic carbocycles. The van der Waals surface area contributed by atoms with Crippen molar-refractivity contribution in [3.8, 4) is 11.3 Å². The first-order valence-electron chi connectivity index (χ1n) is 7.79. The second-order valence-corrected chi connectivity index (χ2v) is 6.60. The molecule has 0 atom stereocenters. The van der Waals surface area contributed by atoms with Gasteiger partial charge in [0.2, 0.25) is 0 Å². The van der Waals surface area contributed by atoms with Crippen LogP contribution in [0.2, 0.25) is 10.0 Å². The lowest BCUT2D eigenvalue weighted by Crippen LogP contribution is -2.48. The highest BCUT2D eigenvalue weighted by Gasteiger charge is 2.16. The summed E-state index contributed by atoms with van der Waals surface area (Å²) in [5.74, 6) is 0.185. The van der Waals surface area contributed by atoms with Crippen molar-refractivity contribution in [1.82, 2.24) is 15.8 Å². The van der Waals surface area contributed by atoms with E-state index in [4.69, 9.17) is 44.6 Å². The Labute approximate surface area is 167 Å². The number of carbonyl (C=O) groups excluding carboxylic acids is 1. The van der Waals surface area contributed by atoms with Crippen LogP contribution in [-0.2, 0) is 4.74 Å². The largest absolute Gasteiger partial charge is 0.451 e. The molecule has 0 saturated carbocycles. The maximum atomic E-state index is 12.3. The lowest BCUT2D eigenvalue weighted by atomic mass is 10.2. The number of thiocarbonyl (C=S) groups is 1. The standard InChI is InChI=1S/C17H19Cl2N3O3S/c1-22(17(26)20-8-3-9-24-2)21-16(23)15-7-6-14(25-15)12-5-4-11(18)10-13(12)19/h4-7,10H,3,8-9H2,1-2H3,(H,20,26)(H,21,23). The maximum Gasteiger partial charge on any atom is 0.305 e. The SMILES string of the molecule is COCCCNC(=S)N(C)NC(=O)c1ccc(-c2ccc(Cl)cc2Cl)o1. The smallest absolute Gasteiger partial charge is 0.305 e. The third-order valence-electron chi connectivity index (χ3n) is 3.40. The minimum atomic E-state index is -0.426. The van der Waals surface area contributed by atoms with Gasteiger partial charge >= 0.3 is 5.91 Å². The molecule has 0 fully saturated rings. The van der Waals surface area contributed by atoms with E-state index in [1.54, 1.807) is 44.5 Å². The Hall–Kier alpha value is -1.80. The summed E-state index contributed by atoms with van der Waals surface area (Å²) in [5.41, 5.74) is 3.29. The van der Waals surface area contributed by atoms with Gasteiger partial charge in [0, 0.05) is 37.9 Å². The minimum Gasteiger partial charge on any atom is -0.451 e. The number of benzene rings is 1. The fraction of sp³-hybridized carbons (Fsp3) is 0.294. The summed E-state index contributed by atoms with van der Waals surface area (Å²) in [4.78, 5) is 12.3. The maximum absolute atomic E-state index is 12.3. The molecule has 0 bridgehead atoms. The number of methoxy groups -OCH3 is 1. The quantitative estimate of drug-likeness (QED) is 0.425. The molecule has 0 aliphatic heterocycles. The molecule has 2 N–H and O–H groups in total. The molecular weight excluding hydrogens is 397 g/mol. The van der Waals surface area contributed by atoms with Gasteiger partial charge < -0.3 is 14.5 Å². The molecule has 0 aliphatic rings. The van der Waals surface area contributed by atoms with Gasteiger partial charge in [-0.25, -0.2) is 0 Å². The highest BCUT2D eigenvalue weighted by atomic mass is 35.5. The minimum absolute atomic E-state index is 0.139. The first-order valence-corrected chi connectivity index (χ1v) is 8.95. The second kappa shape index (κ2) is 9.78. The molecule has 0 radical (unpaired) electrons. The monoisotopic (exact) mass is 415 g/mol. The molecule has 9 heteroatoms. The van der Waals surface area contributed by atoms with Crippen LogP contribution in [0.4, 0.5) is 0 Å². The van der Waals surface area contributed by atoms with Crippen LogP contribution in [0.5, 0.6) is 0 Å². The summed E-state index contributed by atoms with van der Waals surface area (Å²) >= 11 is 17.3. The summed E-state index contributed by atoms with van der Waals surface area (Å²) in [7, 11) is 3.28. The lowest BCUT2D eigenvalue weighted by Gasteiger charge is -2.21. The van der Waals surface area contributed by atoms with Crippen molar-refractivity contribution in [3.63, 3.8) is 0 Å². The molecular formula is C17H19Cl2N3O3S. The first kappa shape index (κ1) is 20.5. The Morgan fingerprint density at radius 1 is 1.31 bits per heavy atom. The zero-order chi connectivity index (χ0) is 19.1. The molecule has 1 aromatic heterocycles. The summed E-state index contributed by atoms with van der Waals surface area (Å²) in [6, 6.07) is 8.29. The van der Waals surface area contributed by atoms with Gasteiger partial charge in [0.25, 0.3) is 0 Å². The average molecular weight is 416 g/mol. The molecule has 2 rings (SSSR count). The normalized spacial score (nSPS) is 10.5. The van der Waals surface area contributed by atoms with Gasteiger partial charge in [0.1, 0.15) is 5.76 Å². The number of furan rings is 1. The van der Waals surface area contributed by atoms with Gasteiger partial charge in [-0.3, -0.25) is 15.2 Å². The van der Waals surface area contributed by atoms with Crippen molar-refractivity contribution < 1.29 is 13.9 Å². The molecule has 0 spiro atoms. The predicted octanol–water partition coefficient (Wildman–Crippen LogP) is 3.74. The van der Waals surface area contributed by atoms with E-state index in [1.165, 1.54) is 5.01 Å². The van der Waals surface area contributed by atoms with Crippen molar-refractivity contribution in [2.75, 3.05) is 27.3 Å². The van der Waals surface area contributed by atoms with Gasteiger partial charge in [-0.1, -0.05) is 23.2 Å². The number of ether oxygens (including phenoxy) is 1. The van der Waals surface area contributed by atoms with E-state index in [9.17, 15) is 4.79 Å². The molecule has 0 unspecified atom stereocenters. The van der Waals surface area contributed by atoms with Crippen LogP contribution in [0.15, 0.2) is 34.7 Å². The van der Waals surface area contributed by atoms with E-state index in [-0.39, 0.29) is 5.76 Å². The number of hydrogen-bond acceptors (Lipinski definition) is 4. The molecule has 140 valence electrons. The Morgan fingerprint density at radius 2 is 2.08 bits per heavy atom. The van der Waals surface area contributed by atoms with Crippen molar-refractivity contribution in [2.45, 2.75) is 6.42 Å². The van der Waals surface area contributed by atoms with Crippen LogP contribution in [0, 0.1) is 0 Å². The van der Waals surface area contributed by atoms with E-state index >= 15 is 0 Å². The van der Waals surface area contributed by atoms with Gasteiger partial charge in [-0.2, -0.15) is 0 Å². The molecule has 1 heterocycles. The zero-order valence-electron chi connectivity index (χ0n) is 14.3. The van der Waals surface area contributed by atoms with Gasteiger partial charge in [-0.05, 0) is 49.0 Å². The summed E-state index contributed by atoms with van der Waals surface area (Å²) in [6.45, 7) is 1.28. The summed E-state index contributed by atoms with van der Waals surface area (Å²) in [6.07, 6.45) is 0.807. The number of amides is 1. The molecule has 26 heavy (non-hydrogen) atoms. The number of rotatable bonds is 6. The lowest BCUT2D eigenvalue weighted by molar-refractivity contribution is 0.0858. The van der Waals surface area contributed by atoms with Crippen molar-refractivity contribution in [1.29, 1.82) is 0 Å². The van der Waals surface area contributed by atoms with Crippen LogP contribution >= 0.6 is 35.4 Å². The van der Waals surface area contributed by atoms with Crippen molar-refractivity contribution in [2.24, 2.45) is 0 Å². The number of nitrogens with zero attached hydrogens (tertiary/aromatic N) is 1. The molecule has 1 amide bonds. The van der Waals surface area contributed by atoms with E-state index in [0.717, 1.165) is 6.42 Å². The van der Waals surface area contributed by atoms with E-state index in [2.05, 4.69) is 10.7 Å². The Bertz CT molecular complexity index is 782. The van der Waals surface area contributed by atoms with Crippen LogP contribution in [0.1, 0.15) is 17.0 Å². The zero-order valence-corrected chi connectivity index (χ0v) is 16.7. The highest BCUT2D eigenvalue weighted by Crippen LogP contribution is 2.31. The third kappa shape index (κ3) is 5.60. The van der Waals surface area contributed by atoms with Gasteiger partial charge in [-0.15, -0.1) is 0 Å². The van der Waals surface area contributed by atoms with Gasteiger partial charge in [0.15, 0.2) is 10.9 Å². The average Bonchev–Trinajstić information content (AvgIpc) is 3.08. The predicted molar refractivity (Wildman–Crippen MR) is 106 cm³/mol. The van der Waals surface area contributed by atoms with Crippen LogP contribution in [-0.4, -0.2) is 43.3 Å². The molecule has 1 aromatic carbocycles. The van der Waals surface area contributed by atoms with E-state index in [1.807, 2.05) is 0 Å². The van der Waals surface area contributed by atoms with Crippen molar-refractivity contribution in [3.05, 3.63) is 46.1 Å². The Kier molecular flexibility index (Phi) is 7.71. The summed E-state index contributed by atoms with van der Waals surface area (Å²) < 4.78 is 10.6.